The minimum absolute atomic E-state index is 0.00457. The van der Waals surface area contributed by atoms with Crippen LogP contribution in [0.5, 0.6) is 0 Å². The number of aliphatic carboxylic acids is 1. The Kier molecular flexibility index (Phi) is 9.13. The molecule has 10 heteroatoms. The molecule has 4 atom stereocenters. The molecule has 0 aliphatic rings. The SMILES string of the molecule is CC[C@@H](C)[C@H](NC(=O)[C@@H](Cc1ccccc1)n1c(=O)[nH]c2ccccc2c1=O)C(=O)N[C@H](C(=O)O)c1ccccc1. The van der Waals surface area contributed by atoms with Gasteiger partial charge in [-0.3, -0.25) is 14.4 Å². The summed E-state index contributed by atoms with van der Waals surface area (Å²) in [6.07, 6.45) is 0.492. The van der Waals surface area contributed by atoms with E-state index in [-0.39, 0.29) is 11.8 Å². The number of hydrogen-bond donors (Lipinski definition) is 4. The van der Waals surface area contributed by atoms with Gasteiger partial charge < -0.3 is 20.7 Å². The first-order chi connectivity index (χ1) is 19.7. The standard InChI is InChI=1S/C31H32N4O6/c1-3-19(2)25(28(37)34-26(30(39)40)21-14-8-5-9-15-21)33-27(36)24(18-20-12-6-4-7-13-20)35-29(38)22-16-10-11-17-23(22)32-31(35)41/h4-17,19,24-26H,3,18H2,1-2H3,(H,32,41)(H,33,36)(H,34,37)(H,39,40)/t19-,24-,25+,26+/m1/s1. The van der Waals surface area contributed by atoms with Gasteiger partial charge in [0.05, 0.1) is 10.9 Å². The third-order valence-electron chi connectivity index (χ3n) is 7.18. The zero-order valence-electron chi connectivity index (χ0n) is 22.7. The molecular weight excluding hydrogens is 524 g/mol. The second kappa shape index (κ2) is 12.9. The van der Waals surface area contributed by atoms with Gasteiger partial charge in [-0.1, -0.05) is 93.1 Å². The van der Waals surface area contributed by atoms with Gasteiger partial charge in [-0.25, -0.2) is 14.2 Å². The van der Waals surface area contributed by atoms with Crippen LogP contribution in [0.2, 0.25) is 0 Å². The molecule has 0 fully saturated rings. The van der Waals surface area contributed by atoms with Crippen molar-refractivity contribution in [1.29, 1.82) is 0 Å². The van der Waals surface area contributed by atoms with Crippen LogP contribution in [-0.4, -0.2) is 38.5 Å². The number of carboxylic acid groups (broad SMARTS) is 1. The van der Waals surface area contributed by atoms with Gasteiger partial charge in [-0.15, -0.1) is 0 Å². The average molecular weight is 557 g/mol. The molecule has 0 spiro atoms. The molecule has 0 saturated heterocycles. The summed E-state index contributed by atoms with van der Waals surface area (Å²) in [6.45, 7) is 3.59. The Balaban J connectivity index is 1.71. The minimum Gasteiger partial charge on any atom is -0.479 e. The van der Waals surface area contributed by atoms with E-state index in [1.165, 1.54) is 0 Å². The predicted molar refractivity (Wildman–Crippen MR) is 154 cm³/mol. The highest BCUT2D eigenvalue weighted by molar-refractivity contribution is 5.92. The Hall–Kier alpha value is -4.99. The van der Waals surface area contributed by atoms with E-state index in [4.69, 9.17) is 0 Å². The van der Waals surface area contributed by atoms with Crippen LogP contribution in [0.15, 0.2) is 94.5 Å². The van der Waals surface area contributed by atoms with Gasteiger partial charge in [-0.2, -0.15) is 0 Å². The maximum Gasteiger partial charge on any atom is 0.330 e. The van der Waals surface area contributed by atoms with Gasteiger partial charge in [0.1, 0.15) is 12.1 Å². The van der Waals surface area contributed by atoms with E-state index in [0.717, 1.165) is 4.57 Å². The third kappa shape index (κ3) is 6.60. The van der Waals surface area contributed by atoms with E-state index in [1.807, 2.05) is 13.0 Å². The summed E-state index contributed by atoms with van der Waals surface area (Å²) >= 11 is 0. The molecule has 0 aliphatic carbocycles. The fraction of sp³-hybridized carbons (Fsp3) is 0.258. The molecule has 2 amide bonds. The number of hydrogen-bond acceptors (Lipinski definition) is 5. The fourth-order valence-corrected chi connectivity index (χ4v) is 4.71. The summed E-state index contributed by atoms with van der Waals surface area (Å²) in [5.74, 6) is -3.06. The number of carboxylic acids is 1. The number of H-pyrrole nitrogens is 1. The predicted octanol–water partition coefficient (Wildman–Crippen LogP) is 2.95. The fourth-order valence-electron chi connectivity index (χ4n) is 4.71. The lowest BCUT2D eigenvalue weighted by Gasteiger charge is -2.28. The van der Waals surface area contributed by atoms with E-state index < -0.39 is 53.1 Å². The van der Waals surface area contributed by atoms with Crippen molar-refractivity contribution in [3.63, 3.8) is 0 Å². The topological polar surface area (TPSA) is 150 Å². The maximum absolute atomic E-state index is 13.9. The van der Waals surface area contributed by atoms with Crippen LogP contribution in [0, 0.1) is 5.92 Å². The van der Waals surface area contributed by atoms with Gasteiger partial charge in [-0.05, 0) is 29.2 Å². The van der Waals surface area contributed by atoms with E-state index >= 15 is 0 Å². The molecule has 10 nitrogen and oxygen atoms in total. The van der Waals surface area contributed by atoms with E-state index in [2.05, 4.69) is 15.6 Å². The highest BCUT2D eigenvalue weighted by atomic mass is 16.4. The summed E-state index contributed by atoms with van der Waals surface area (Å²) < 4.78 is 0.875. The van der Waals surface area contributed by atoms with Crippen LogP contribution < -0.4 is 21.9 Å². The highest BCUT2D eigenvalue weighted by Crippen LogP contribution is 2.18. The molecule has 3 aromatic carbocycles. The number of aromatic amines is 1. The number of carbonyl (C=O) groups excluding carboxylic acids is 2. The zero-order chi connectivity index (χ0) is 29.5. The zero-order valence-corrected chi connectivity index (χ0v) is 22.7. The van der Waals surface area contributed by atoms with Gasteiger partial charge in [0.15, 0.2) is 6.04 Å². The van der Waals surface area contributed by atoms with E-state index in [1.54, 1.807) is 85.8 Å². The first-order valence-electron chi connectivity index (χ1n) is 13.4. The number of aromatic nitrogens is 2. The molecule has 212 valence electrons. The van der Waals surface area contributed by atoms with Gasteiger partial charge in [0, 0.05) is 6.42 Å². The van der Waals surface area contributed by atoms with Crippen LogP contribution in [-0.2, 0) is 20.8 Å². The number of nitrogens with zero attached hydrogens (tertiary/aromatic N) is 1. The van der Waals surface area contributed by atoms with Crippen LogP contribution in [0.25, 0.3) is 10.9 Å². The molecule has 0 saturated carbocycles. The number of rotatable bonds is 11. The minimum atomic E-state index is -1.33. The van der Waals surface area contributed by atoms with Crippen molar-refractivity contribution in [1.82, 2.24) is 20.2 Å². The number of carbonyl (C=O) groups is 3. The van der Waals surface area contributed by atoms with Crippen LogP contribution in [0.1, 0.15) is 43.5 Å². The lowest BCUT2D eigenvalue weighted by atomic mass is 9.96. The first kappa shape index (κ1) is 29.0. The molecule has 0 aliphatic heterocycles. The summed E-state index contributed by atoms with van der Waals surface area (Å²) in [6, 6.07) is 19.9. The molecule has 1 aromatic heterocycles. The van der Waals surface area contributed by atoms with E-state index in [0.29, 0.717) is 23.1 Å². The normalized spacial score (nSPS) is 14.0. The second-order valence-electron chi connectivity index (χ2n) is 9.92. The largest absolute Gasteiger partial charge is 0.479 e. The average Bonchev–Trinajstić information content (AvgIpc) is 2.98. The van der Waals surface area contributed by atoms with Gasteiger partial charge in [0.2, 0.25) is 11.8 Å². The number of fused-ring (bicyclic) bond motifs is 1. The van der Waals surface area contributed by atoms with Crippen molar-refractivity contribution < 1.29 is 19.5 Å². The summed E-state index contributed by atoms with van der Waals surface area (Å²) in [5, 5.41) is 15.3. The summed E-state index contributed by atoms with van der Waals surface area (Å²) in [5.41, 5.74) is 0.0184. The summed E-state index contributed by atoms with van der Waals surface area (Å²) in [4.78, 5) is 68.7. The molecule has 4 N–H and O–H groups in total. The number of para-hydroxylation sites is 1. The Morgan fingerprint density at radius 1 is 0.854 bits per heavy atom. The smallest absolute Gasteiger partial charge is 0.330 e. The van der Waals surface area contributed by atoms with Gasteiger partial charge in [0.25, 0.3) is 5.56 Å². The van der Waals surface area contributed by atoms with Crippen molar-refractivity contribution in [2.45, 2.75) is 44.8 Å². The number of nitrogens with one attached hydrogen (secondary N) is 3. The van der Waals surface area contributed by atoms with Crippen LogP contribution in [0.4, 0.5) is 0 Å². The monoisotopic (exact) mass is 556 g/mol. The lowest BCUT2D eigenvalue weighted by Crippen LogP contribution is -2.55. The lowest BCUT2D eigenvalue weighted by molar-refractivity contribution is -0.142. The third-order valence-corrected chi connectivity index (χ3v) is 7.18. The Labute approximate surface area is 236 Å². The highest BCUT2D eigenvalue weighted by Gasteiger charge is 2.34. The number of benzene rings is 3. The Morgan fingerprint density at radius 3 is 2.10 bits per heavy atom. The van der Waals surface area contributed by atoms with Crippen LogP contribution in [0.3, 0.4) is 0 Å². The summed E-state index contributed by atoms with van der Waals surface area (Å²) in [7, 11) is 0. The maximum atomic E-state index is 13.9. The van der Waals surface area contributed by atoms with Crippen LogP contribution >= 0.6 is 0 Å². The van der Waals surface area contributed by atoms with Crippen molar-refractivity contribution in [2.24, 2.45) is 5.92 Å². The van der Waals surface area contributed by atoms with Crippen molar-refractivity contribution in [3.8, 4) is 0 Å². The Bertz CT molecular complexity index is 1650. The second-order valence-corrected chi connectivity index (χ2v) is 9.92. The molecule has 0 bridgehead atoms. The quantitative estimate of drug-likeness (QED) is 0.223. The molecule has 41 heavy (non-hydrogen) atoms. The van der Waals surface area contributed by atoms with Crippen molar-refractivity contribution >= 4 is 28.7 Å². The molecule has 1 heterocycles. The molecule has 4 rings (SSSR count). The van der Waals surface area contributed by atoms with E-state index in [9.17, 15) is 29.1 Å². The molecule has 4 aromatic rings. The molecule has 0 unspecified atom stereocenters. The molecule has 0 radical (unpaired) electrons. The van der Waals surface area contributed by atoms with Gasteiger partial charge >= 0.3 is 11.7 Å². The Morgan fingerprint density at radius 2 is 1.46 bits per heavy atom. The van der Waals surface area contributed by atoms with Crippen molar-refractivity contribution in [2.75, 3.05) is 0 Å². The molecular formula is C31H32N4O6. The number of amides is 2. The van der Waals surface area contributed by atoms with Crippen molar-refractivity contribution in [3.05, 3.63) is 117 Å². The first-order valence-corrected chi connectivity index (χ1v) is 13.4.